The number of carbonyl (C=O) groups excluding carboxylic acids is 2. The number of rotatable bonds is 5. The number of carbonyl (C=O) groups is 2. The highest BCUT2D eigenvalue weighted by Crippen LogP contribution is 2.25. The van der Waals surface area contributed by atoms with E-state index in [1.54, 1.807) is 17.0 Å². The molecule has 2 N–H and O–H groups in total. The van der Waals surface area contributed by atoms with Gasteiger partial charge in [0.2, 0.25) is 11.8 Å². The molecule has 0 spiro atoms. The summed E-state index contributed by atoms with van der Waals surface area (Å²) in [6, 6.07) is 7.74. The Morgan fingerprint density at radius 3 is 2.32 bits per heavy atom. The maximum absolute atomic E-state index is 11.8. The summed E-state index contributed by atoms with van der Waals surface area (Å²) in [6.07, 6.45) is 2.24. The van der Waals surface area contributed by atoms with Crippen molar-refractivity contribution in [2.24, 2.45) is 0 Å². The molecular weight excluding hydrogens is 242 g/mol. The van der Waals surface area contributed by atoms with Crippen LogP contribution >= 0.6 is 0 Å². The standard InChI is InChI=1S/C14H19N3O2/c1-10(18)16-12-5-3-11(4-6-12)15-9-14(19)17(2)13-7-8-13/h3-6,13,15H,7-9H2,1-2H3,(H,16,18). The molecule has 1 saturated carbocycles. The van der Waals surface area contributed by atoms with Crippen molar-refractivity contribution in [3.8, 4) is 0 Å². The number of nitrogens with one attached hydrogen (secondary N) is 2. The number of amides is 2. The minimum Gasteiger partial charge on any atom is -0.376 e. The molecule has 1 aromatic carbocycles. The molecule has 0 aliphatic heterocycles. The largest absolute Gasteiger partial charge is 0.376 e. The van der Waals surface area contributed by atoms with Crippen molar-refractivity contribution in [1.82, 2.24) is 4.90 Å². The van der Waals surface area contributed by atoms with E-state index in [2.05, 4.69) is 10.6 Å². The van der Waals surface area contributed by atoms with Crippen molar-refractivity contribution < 1.29 is 9.59 Å². The fourth-order valence-corrected chi connectivity index (χ4v) is 1.84. The Labute approximate surface area is 113 Å². The fourth-order valence-electron chi connectivity index (χ4n) is 1.84. The molecule has 0 radical (unpaired) electrons. The Balaban J connectivity index is 1.82. The molecule has 1 fully saturated rings. The first-order valence-corrected chi connectivity index (χ1v) is 6.43. The van der Waals surface area contributed by atoms with Crippen molar-refractivity contribution in [2.45, 2.75) is 25.8 Å². The van der Waals surface area contributed by atoms with Crippen molar-refractivity contribution in [3.63, 3.8) is 0 Å². The summed E-state index contributed by atoms with van der Waals surface area (Å²) in [4.78, 5) is 24.5. The average molecular weight is 261 g/mol. The van der Waals surface area contributed by atoms with Gasteiger partial charge in [-0.3, -0.25) is 9.59 Å². The van der Waals surface area contributed by atoms with Crippen LogP contribution in [-0.4, -0.2) is 36.3 Å². The van der Waals surface area contributed by atoms with Crippen LogP contribution in [0, 0.1) is 0 Å². The van der Waals surface area contributed by atoms with E-state index in [0.29, 0.717) is 12.6 Å². The Morgan fingerprint density at radius 1 is 1.21 bits per heavy atom. The summed E-state index contributed by atoms with van der Waals surface area (Å²) in [6.45, 7) is 1.77. The molecule has 1 aliphatic carbocycles. The number of hydrogen-bond acceptors (Lipinski definition) is 3. The van der Waals surface area contributed by atoms with Crippen LogP contribution in [0.25, 0.3) is 0 Å². The molecular formula is C14H19N3O2. The third kappa shape index (κ3) is 3.98. The summed E-state index contributed by atoms with van der Waals surface area (Å²) < 4.78 is 0. The number of nitrogens with zero attached hydrogens (tertiary/aromatic N) is 1. The lowest BCUT2D eigenvalue weighted by Crippen LogP contribution is -2.33. The molecule has 0 unspecified atom stereocenters. The van der Waals surface area contributed by atoms with Gasteiger partial charge >= 0.3 is 0 Å². The van der Waals surface area contributed by atoms with Crippen LogP contribution in [0.15, 0.2) is 24.3 Å². The monoisotopic (exact) mass is 261 g/mol. The number of likely N-dealkylation sites (N-methyl/N-ethyl adjacent to an activating group) is 1. The van der Waals surface area contributed by atoms with E-state index in [9.17, 15) is 9.59 Å². The molecule has 1 aliphatic rings. The van der Waals surface area contributed by atoms with Gasteiger partial charge in [-0.2, -0.15) is 0 Å². The molecule has 19 heavy (non-hydrogen) atoms. The summed E-state index contributed by atoms with van der Waals surface area (Å²) in [5, 5.41) is 5.78. The van der Waals surface area contributed by atoms with E-state index in [1.165, 1.54) is 6.92 Å². The van der Waals surface area contributed by atoms with Gasteiger partial charge in [0.15, 0.2) is 0 Å². The zero-order valence-corrected chi connectivity index (χ0v) is 11.3. The molecule has 5 nitrogen and oxygen atoms in total. The number of anilines is 2. The van der Waals surface area contributed by atoms with Gasteiger partial charge in [0.05, 0.1) is 6.54 Å². The van der Waals surface area contributed by atoms with Crippen LogP contribution in [0.3, 0.4) is 0 Å². The van der Waals surface area contributed by atoms with Crippen molar-refractivity contribution in [1.29, 1.82) is 0 Å². The molecule has 0 heterocycles. The molecule has 2 amide bonds. The maximum atomic E-state index is 11.8. The zero-order chi connectivity index (χ0) is 13.8. The number of benzene rings is 1. The lowest BCUT2D eigenvalue weighted by molar-refractivity contribution is -0.128. The Kier molecular flexibility index (Phi) is 4.04. The molecule has 0 bridgehead atoms. The van der Waals surface area contributed by atoms with Crippen molar-refractivity contribution in [3.05, 3.63) is 24.3 Å². The van der Waals surface area contributed by atoms with E-state index in [1.807, 2.05) is 19.2 Å². The van der Waals surface area contributed by atoms with Gasteiger partial charge in [-0.25, -0.2) is 0 Å². The van der Waals surface area contributed by atoms with Gasteiger partial charge < -0.3 is 15.5 Å². The SMILES string of the molecule is CC(=O)Nc1ccc(NCC(=O)N(C)C2CC2)cc1. The molecule has 102 valence electrons. The minimum absolute atomic E-state index is 0.0954. The highest BCUT2D eigenvalue weighted by Gasteiger charge is 2.29. The van der Waals surface area contributed by atoms with Crippen LogP contribution < -0.4 is 10.6 Å². The molecule has 0 atom stereocenters. The first-order chi connectivity index (χ1) is 9.06. The van der Waals surface area contributed by atoms with Crippen molar-refractivity contribution >= 4 is 23.2 Å². The number of hydrogen-bond donors (Lipinski definition) is 2. The quantitative estimate of drug-likeness (QED) is 0.847. The van der Waals surface area contributed by atoms with E-state index in [0.717, 1.165) is 24.2 Å². The van der Waals surface area contributed by atoms with Gasteiger partial charge in [0, 0.05) is 31.4 Å². The van der Waals surface area contributed by atoms with Gasteiger partial charge in [0.1, 0.15) is 0 Å². The Morgan fingerprint density at radius 2 is 1.79 bits per heavy atom. The van der Waals surface area contributed by atoms with Gasteiger partial charge in [-0.1, -0.05) is 0 Å². The van der Waals surface area contributed by atoms with Crippen molar-refractivity contribution in [2.75, 3.05) is 24.2 Å². The van der Waals surface area contributed by atoms with E-state index >= 15 is 0 Å². The summed E-state index contributed by atoms with van der Waals surface area (Å²) >= 11 is 0. The highest BCUT2D eigenvalue weighted by molar-refractivity contribution is 5.89. The predicted octanol–water partition coefficient (Wildman–Crippen LogP) is 1.68. The average Bonchev–Trinajstić information content (AvgIpc) is 3.20. The first-order valence-electron chi connectivity index (χ1n) is 6.43. The third-order valence-electron chi connectivity index (χ3n) is 3.14. The topological polar surface area (TPSA) is 61.4 Å². The van der Waals surface area contributed by atoms with Gasteiger partial charge in [0.25, 0.3) is 0 Å². The predicted molar refractivity (Wildman–Crippen MR) is 75.0 cm³/mol. The fraction of sp³-hybridized carbons (Fsp3) is 0.429. The summed E-state index contributed by atoms with van der Waals surface area (Å²) in [5.41, 5.74) is 1.62. The second-order valence-electron chi connectivity index (χ2n) is 4.85. The minimum atomic E-state index is -0.0954. The molecule has 2 rings (SSSR count). The summed E-state index contributed by atoms with van der Waals surface area (Å²) in [7, 11) is 1.85. The summed E-state index contributed by atoms with van der Waals surface area (Å²) in [5.74, 6) is 0.00961. The second-order valence-corrected chi connectivity index (χ2v) is 4.85. The molecule has 5 heteroatoms. The normalized spacial score (nSPS) is 13.8. The molecule has 0 saturated heterocycles. The Bertz CT molecular complexity index is 466. The van der Waals surface area contributed by atoms with E-state index < -0.39 is 0 Å². The smallest absolute Gasteiger partial charge is 0.241 e. The lowest BCUT2D eigenvalue weighted by atomic mass is 10.2. The van der Waals surface area contributed by atoms with E-state index in [4.69, 9.17) is 0 Å². The zero-order valence-electron chi connectivity index (χ0n) is 11.3. The molecule has 1 aromatic rings. The first kappa shape index (κ1) is 13.4. The van der Waals surface area contributed by atoms with Crippen LogP contribution in [0.5, 0.6) is 0 Å². The van der Waals surface area contributed by atoms with Crippen LogP contribution in [0.1, 0.15) is 19.8 Å². The second kappa shape index (κ2) is 5.73. The maximum Gasteiger partial charge on any atom is 0.241 e. The molecule has 0 aromatic heterocycles. The van der Waals surface area contributed by atoms with Crippen LogP contribution in [0.4, 0.5) is 11.4 Å². The van der Waals surface area contributed by atoms with E-state index in [-0.39, 0.29) is 11.8 Å². The van der Waals surface area contributed by atoms with Crippen LogP contribution in [0.2, 0.25) is 0 Å². The highest BCUT2D eigenvalue weighted by atomic mass is 16.2. The Hall–Kier alpha value is -2.04. The van der Waals surface area contributed by atoms with Gasteiger partial charge in [-0.05, 0) is 37.1 Å². The third-order valence-corrected chi connectivity index (χ3v) is 3.14. The lowest BCUT2D eigenvalue weighted by Gasteiger charge is -2.17. The van der Waals surface area contributed by atoms with Gasteiger partial charge in [-0.15, -0.1) is 0 Å². The van der Waals surface area contributed by atoms with Crippen LogP contribution in [-0.2, 0) is 9.59 Å².